The van der Waals surface area contributed by atoms with Crippen molar-refractivity contribution >= 4 is 31.9 Å². The summed E-state index contributed by atoms with van der Waals surface area (Å²) in [6, 6.07) is 0. The summed E-state index contributed by atoms with van der Waals surface area (Å²) in [6.07, 6.45) is 2.63. The molecule has 0 N–H and O–H groups in total. The molecule has 0 saturated heterocycles. The van der Waals surface area contributed by atoms with Gasteiger partial charge in [-0.25, -0.2) is 0 Å². The lowest BCUT2D eigenvalue weighted by Gasteiger charge is -2.02. The van der Waals surface area contributed by atoms with Crippen LogP contribution in [0.25, 0.3) is 0 Å². The monoisotopic (exact) mass is 242 g/mol. The summed E-state index contributed by atoms with van der Waals surface area (Å²) in [5.74, 6) is 0.840. The predicted molar refractivity (Wildman–Crippen MR) is 46.0 cm³/mol. The van der Waals surface area contributed by atoms with Crippen molar-refractivity contribution in [3.05, 3.63) is 0 Å². The largest absolute Gasteiger partial charge is 0.0928 e. The Kier molecular flexibility index (Phi) is 6.82. The van der Waals surface area contributed by atoms with E-state index in [1.54, 1.807) is 0 Å². The SMILES string of the molecule is C[C@@H](CBr)CCCBr. The van der Waals surface area contributed by atoms with Crippen LogP contribution in [0.3, 0.4) is 0 Å². The molecule has 0 heterocycles. The van der Waals surface area contributed by atoms with Crippen molar-refractivity contribution in [2.45, 2.75) is 19.8 Å². The fourth-order valence-electron chi connectivity index (χ4n) is 0.503. The van der Waals surface area contributed by atoms with Crippen LogP contribution < -0.4 is 0 Å². The lowest BCUT2D eigenvalue weighted by atomic mass is 10.1. The third-order valence-electron chi connectivity index (χ3n) is 1.09. The molecule has 8 heavy (non-hydrogen) atoms. The van der Waals surface area contributed by atoms with Gasteiger partial charge in [0.15, 0.2) is 0 Å². The predicted octanol–water partition coefficient (Wildman–Crippen LogP) is 3.19. The first kappa shape index (κ1) is 8.96. The van der Waals surface area contributed by atoms with Crippen molar-refractivity contribution in [1.82, 2.24) is 0 Å². The van der Waals surface area contributed by atoms with E-state index < -0.39 is 0 Å². The lowest BCUT2D eigenvalue weighted by Crippen LogP contribution is -1.94. The molecule has 0 spiro atoms. The summed E-state index contributed by atoms with van der Waals surface area (Å²) >= 11 is 6.82. The zero-order valence-corrected chi connectivity index (χ0v) is 8.33. The minimum absolute atomic E-state index is 0.840. The van der Waals surface area contributed by atoms with Gasteiger partial charge in [0.05, 0.1) is 0 Å². The van der Waals surface area contributed by atoms with E-state index in [-0.39, 0.29) is 0 Å². The molecule has 1 atom stereocenters. The Labute approximate surface area is 68.3 Å². The van der Waals surface area contributed by atoms with E-state index in [1.165, 1.54) is 12.8 Å². The van der Waals surface area contributed by atoms with Crippen molar-refractivity contribution in [2.24, 2.45) is 5.92 Å². The van der Waals surface area contributed by atoms with Crippen LogP contribution >= 0.6 is 31.9 Å². The second-order valence-corrected chi connectivity index (χ2v) is 3.53. The van der Waals surface area contributed by atoms with Crippen molar-refractivity contribution in [2.75, 3.05) is 10.7 Å². The van der Waals surface area contributed by atoms with Gasteiger partial charge in [-0.15, -0.1) is 0 Å². The van der Waals surface area contributed by atoms with Gasteiger partial charge < -0.3 is 0 Å². The Morgan fingerprint density at radius 3 is 2.38 bits per heavy atom. The van der Waals surface area contributed by atoms with Crippen LogP contribution in [0.4, 0.5) is 0 Å². The van der Waals surface area contributed by atoms with E-state index >= 15 is 0 Å². The van der Waals surface area contributed by atoms with Crippen molar-refractivity contribution < 1.29 is 0 Å². The summed E-state index contributed by atoms with van der Waals surface area (Å²) in [7, 11) is 0. The molecule has 0 rings (SSSR count). The molecule has 0 aromatic heterocycles. The topological polar surface area (TPSA) is 0 Å². The Hall–Kier alpha value is 0.960. The molecular formula is C6H12Br2. The van der Waals surface area contributed by atoms with Gasteiger partial charge in [0.1, 0.15) is 0 Å². The van der Waals surface area contributed by atoms with Gasteiger partial charge in [-0.3, -0.25) is 0 Å². The minimum atomic E-state index is 0.840. The van der Waals surface area contributed by atoms with Crippen LogP contribution in [-0.4, -0.2) is 10.7 Å². The summed E-state index contributed by atoms with van der Waals surface area (Å²) in [5, 5.41) is 2.28. The average molecular weight is 244 g/mol. The highest BCUT2D eigenvalue weighted by Crippen LogP contribution is 2.08. The van der Waals surface area contributed by atoms with E-state index in [2.05, 4.69) is 38.8 Å². The Bertz CT molecular complexity index is 45.8. The number of alkyl halides is 2. The highest BCUT2D eigenvalue weighted by atomic mass is 79.9. The molecule has 50 valence electrons. The van der Waals surface area contributed by atoms with E-state index in [0.717, 1.165) is 16.6 Å². The van der Waals surface area contributed by atoms with Crippen LogP contribution in [0, 0.1) is 5.92 Å². The standard InChI is InChI=1S/C6H12Br2/c1-6(5-8)3-2-4-7/h6H,2-5H2,1H3/t6-/m1/s1. The minimum Gasteiger partial charge on any atom is -0.0928 e. The van der Waals surface area contributed by atoms with Crippen LogP contribution in [-0.2, 0) is 0 Å². The maximum Gasteiger partial charge on any atom is 0.00570 e. The first-order valence-electron chi connectivity index (χ1n) is 2.93. The molecule has 0 fully saturated rings. The van der Waals surface area contributed by atoms with Gasteiger partial charge in [-0.2, -0.15) is 0 Å². The van der Waals surface area contributed by atoms with E-state index in [4.69, 9.17) is 0 Å². The maximum absolute atomic E-state index is 3.43. The van der Waals surface area contributed by atoms with Crippen LogP contribution in [0.15, 0.2) is 0 Å². The maximum atomic E-state index is 3.43. The fourth-order valence-corrected chi connectivity index (χ4v) is 1.15. The Morgan fingerprint density at radius 2 is 2.00 bits per heavy atom. The lowest BCUT2D eigenvalue weighted by molar-refractivity contribution is 0.593. The number of halogens is 2. The Balaban J connectivity index is 2.86. The van der Waals surface area contributed by atoms with Crippen LogP contribution in [0.1, 0.15) is 19.8 Å². The van der Waals surface area contributed by atoms with E-state index in [9.17, 15) is 0 Å². The molecule has 0 aliphatic rings. The zero-order valence-electron chi connectivity index (χ0n) is 5.16. The van der Waals surface area contributed by atoms with Gasteiger partial charge in [-0.1, -0.05) is 38.8 Å². The summed E-state index contributed by atoms with van der Waals surface area (Å²) in [6.45, 7) is 2.26. The average Bonchev–Trinajstić information content (AvgIpc) is 1.83. The summed E-state index contributed by atoms with van der Waals surface area (Å²) in [4.78, 5) is 0. The first-order chi connectivity index (χ1) is 3.81. The van der Waals surface area contributed by atoms with Crippen molar-refractivity contribution in [1.29, 1.82) is 0 Å². The van der Waals surface area contributed by atoms with E-state index in [1.807, 2.05) is 0 Å². The molecule has 0 nitrogen and oxygen atoms in total. The molecule has 0 aromatic rings. The van der Waals surface area contributed by atoms with Crippen molar-refractivity contribution in [3.63, 3.8) is 0 Å². The van der Waals surface area contributed by atoms with Crippen LogP contribution in [0.5, 0.6) is 0 Å². The molecule has 0 radical (unpaired) electrons. The molecule has 0 amide bonds. The molecule has 0 saturated carbocycles. The quantitative estimate of drug-likeness (QED) is 0.666. The number of hydrogen-bond donors (Lipinski definition) is 0. The highest BCUT2D eigenvalue weighted by Gasteiger charge is 1.96. The van der Waals surface area contributed by atoms with Crippen LogP contribution in [0.2, 0.25) is 0 Å². The highest BCUT2D eigenvalue weighted by molar-refractivity contribution is 9.09. The molecule has 0 unspecified atom stereocenters. The third kappa shape index (κ3) is 5.10. The van der Waals surface area contributed by atoms with Gasteiger partial charge in [0, 0.05) is 10.7 Å². The second kappa shape index (κ2) is 6.09. The van der Waals surface area contributed by atoms with Gasteiger partial charge >= 0.3 is 0 Å². The first-order valence-corrected chi connectivity index (χ1v) is 5.17. The molecule has 2 heteroatoms. The molecule has 0 aliphatic carbocycles. The smallest absolute Gasteiger partial charge is 0.00570 e. The van der Waals surface area contributed by atoms with Gasteiger partial charge in [0.25, 0.3) is 0 Å². The molecule has 0 aliphatic heterocycles. The number of hydrogen-bond acceptors (Lipinski definition) is 0. The second-order valence-electron chi connectivity index (χ2n) is 2.09. The normalized spacial score (nSPS) is 13.9. The van der Waals surface area contributed by atoms with Gasteiger partial charge in [0.2, 0.25) is 0 Å². The molecular weight excluding hydrogens is 232 g/mol. The van der Waals surface area contributed by atoms with Gasteiger partial charge in [-0.05, 0) is 18.8 Å². The van der Waals surface area contributed by atoms with Crippen molar-refractivity contribution in [3.8, 4) is 0 Å². The summed E-state index contributed by atoms with van der Waals surface area (Å²) < 4.78 is 0. The summed E-state index contributed by atoms with van der Waals surface area (Å²) in [5.41, 5.74) is 0. The Morgan fingerprint density at radius 1 is 1.38 bits per heavy atom. The zero-order chi connectivity index (χ0) is 6.41. The third-order valence-corrected chi connectivity index (χ3v) is 2.76. The number of rotatable bonds is 4. The van der Waals surface area contributed by atoms with E-state index in [0.29, 0.717) is 0 Å². The fraction of sp³-hybridized carbons (Fsp3) is 1.00. The molecule has 0 bridgehead atoms. The molecule has 0 aromatic carbocycles.